The highest BCUT2D eigenvalue weighted by atomic mass is 35.5. The van der Waals surface area contributed by atoms with E-state index in [2.05, 4.69) is 0 Å². The van der Waals surface area contributed by atoms with Gasteiger partial charge in [0.1, 0.15) is 5.75 Å². The van der Waals surface area contributed by atoms with E-state index in [0.717, 1.165) is 33.8 Å². The number of aryl methyl sites for hydroxylation is 2. The van der Waals surface area contributed by atoms with E-state index in [9.17, 15) is 4.21 Å². The third-order valence-electron chi connectivity index (χ3n) is 5.26. The van der Waals surface area contributed by atoms with Crippen molar-refractivity contribution < 1.29 is 8.95 Å². The summed E-state index contributed by atoms with van der Waals surface area (Å²) in [6.45, 7) is 4.06. The number of rotatable bonds is 6. The van der Waals surface area contributed by atoms with Gasteiger partial charge in [-0.1, -0.05) is 47.0 Å². The third kappa shape index (κ3) is 5.56. The van der Waals surface area contributed by atoms with E-state index in [1.807, 2.05) is 86.6 Å². The van der Waals surface area contributed by atoms with Crippen LogP contribution in [0.1, 0.15) is 16.7 Å². The lowest BCUT2D eigenvalue weighted by molar-refractivity contribution is 0.415. The van der Waals surface area contributed by atoms with Gasteiger partial charge in [-0.25, -0.2) is 13.5 Å². The summed E-state index contributed by atoms with van der Waals surface area (Å²) in [5.74, 6) is 1.29. The van der Waals surface area contributed by atoms with Crippen molar-refractivity contribution in [2.75, 3.05) is 11.4 Å². The molecule has 0 amide bonds. The van der Waals surface area contributed by atoms with Crippen molar-refractivity contribution in [1.82, 2.24) is 0 Å². The van der Waals surface area contributed by atoms with Crippen LogP contribution >= 0.6 is 11.6 Å². The minimum atomic E-state index is -1.59. The molecule has 0 radical (unpaired) electrons. The Bertz CT molecular complexity index is 1300. The van der Waals surface area contributed by atoms with Crippen LogP contribution in [0.3, 0.4) is 0 Å². The normalized spacial score (nSPS) is 12.3. The molecule has 1 atom stereocenters. The van der Waals surface area contributed by atoms with Gasteiger partial charge in [0.25, 0.3) is 0 Å². The zero-order valence-electron chi connectivity index (χ0n) is 19.2. The van der Waals surface area contributed by atoms with E-state index in [0.29, 0.717) is 15.8 Å². The molecule has 4 rings (SSSR count). The molecule has 0 aliphatic rings. The van der Waals surface area contributed by atoms with Crippen LogP contribution in [0, 0.1) is 13.8 Å². The summed E-state index contributed by atoms with van der Waals surface area (Å²) >= 11 is 6.09. The Kier molecular flexibility index (Phi) is 7.46. The smallest absolute Gasteiger partial charge is 0.158 e. The summed E-state index contributed by atoms with van der Waals surface area (Å²) < 4.78 is 21.1. The number of hydrogen-bond acceptors (Lipinski definition) is 3. The van der Waals surface area contributed by atoms with Gasteiger partial charge in [0.05, 0.1) is 23.4 Å². The quantitative estimate of drug-likeness (QED) is 0.211. The van der Waals surface area contributed by atoms with Crippen molar-refractivity contribution in [3.63, 3.8) is 0 Å². The first-order valence-electron chi connectivity index (χ1n) is 10.8. The molecule has 4 aromatic carbocycles. The zero-order chi connectivity index (χ0) is 24.1. The number of methoxy groups -OCH3 is 1. The van der Waals surface area contributed by atoms with Crippen LogP contribution in [0.25, 0.3) is 0 Å². The summed E-state index contributed by atoms with van der Waals surface area (Å²) in [5.41, 5.74) is 4.60. The zero-order valence-corrected chi connectivity index (χ0v) is 20.8. The van der Waals surface area contributed by atoms with Crippen LogP contribution in [0.4, 0.5) is 11.4 Å². The maximum absolute atomic E-state index is 14.0. The summed E-state index contributed by atoms with van der Waals surface area (Å²) in [4.78, 5) is 5.59. The molecule has 34 heavy (non-hydrogen) atoms. The van der Waals surface area contributed by atoms with Crippen molar-refractivity contribution >= 4 is 39.8 Å². The van der Waals surface area contributed by atoms with Gasteiger partial charge in [0.15, 0.2) is 16.8 Å². The molecule has 4 aromatic rings. The Morgan fingerprint density at radius 3 is 1.91 bits per heavy atom. The number of amidine groups is 1. The van der Waals surface area contributed by atoms with E-state index >= 15 is 0 Å². The number of nitrogens with zero attached hydrogens (tertiary/aromatic N) is 2. The van der Waals surface area contributed by atoms with Gasteiger partial charge in [0, 0.05) is 10.6 Å². The first-order valence-corrected chi connectivity index (χ1v) is 12.3. The average Bonchev–Trinajstić information content (AvgIpc) is 2.86. The number of aliphatic imine (C=N–C) groups is 1. The lowest BCUT2D eigenvalue weighted by Gasteiger charge is -2.26. The first kappa shape index (κ1) is 23.7. The molecule has 0 saturated heterocycles. The highest BCUT2D eigenvalue weighted by Crippen LogP contribution is 2.28. The Morgan fingerprint density at radius 1 is 0.794 bits per heavy atom. The molecule has 0 N–H and O–H groups in total. The number of hydrogen-bond donors (Lipinski definition) is 0. The monoisotopic (exact) mass is 488 g/mol. The lowest BCUT2D eigenvalue weighted by atomic mass is 10.1. The largest absolute Gasteiger partial charge is 0.497 e. The number of ether oxygens (including phenoxy) is 1. The van der Waals surface area contributed by atoms with Crippen molar-refractivity contribution in [2.45, 2.75) is 18.7 Å². The predicted molar refractivity (Wildman–Crippen MR) is 142 cm³/mol. The van der Waals surface area contributed by atoms with Crippen LogP contribution in [0.15, 0.2) is 107 Å². The Hall–Kier alpha value is -3.41. The second-order valence-electron chi connectivity index (χ2n) is 7.83. The van der Waals surface area contributed by atoms with Crippen LogP contribution in [-0.2, 0) is 11.0 Å². The van der Waals surface area contributed by atoms with E-state index in [4.69, 9.17) is 21.3 Å². The highest BCUT2D eigenvalue weighted by molar-refractivity contribution is 7.87. The second kappa shape index (κ2) is 10.7. The minimum absolute atomic E-state index is 0.559. The molecule has 4 nitrogen and oxygen atoms in total. The first-order chi connectivity index (χ1) is 16.4. The molecule has 0 fully saturated rings. The van der Waals surface area contributed by atoms with Gasteiger partial charge < -0.3 is 4.74 Å². The molecular weight excluding hydrogens is 464 g/mol. The number of benzene rings is 4. The van der Waals surface area contributed by atoms with Gasteiger partial charge in [-0.15, -0.1) is 0 Å². The summed E-state index contributed by atoms with van der Waals surface area (Å²) in [7, 11) is 0.0393. The van der Waals surface area contributed by atoms with Crippen molar-refractivity contribution in [2.24, 2.45) is 4.99 Å². The van der Waals surface area contributed by atoms with E-state index in [-0.39, 0.29) is 0 Å². The van der Waals surface area contributed by atoms with Gasteiger partial charge in [-0.3, -0.25) is 0 Å². The molecule has 0 aliphatic carbocycles. The molecule has 0 aromatic heterocycles. The van der Waals surface area contributed by atoms with Gasteiger partial charge in [-0.05, 0) is 86.6 Å². The number of halogens is 1. The van der Waals surface area contributed by atoms with E-state index in [1.54, 1.807) is 35.7 Å². The van der Waals surface area contributed by atoms with Crippen LogP contribution in [-0.4, -0.2) is 17.2 Å². The van der Waals surface area contributed by atoms with Crippen LogP contribution < -0.4 is 9.04 Å². The fourth-order valence-corrected chi connectivity index (χ4v) is 4.66. The molecule has 0 spiro atoms. The lowest BCUT2D eigenvalue weighted by Crippen LogP contribution is -2.33. The molecule has 6 heteroatoms. The minimum Gasteiger partial charge on any atom is -0.497 e. The van der Waals surface area contributed by atoms with Crippen molar-refractivity contribution in [3.8, 4) is 5.75 Å². The standard InChI is InChI=1S/C28H25ClN2O2S/c1-20-4-12-24(13-5-20)30-28(22-8-16-26(33-3)17-9-22)31(25-14-6-21(2)7-15-25)34(32)27-18-10-23(29)11-19-27/h4-19H,1-3H3/t34-/m0/s1. The summed E-state index contributed by atoms with van der Waals surface area (Å²) in [6.07, 6.45) is 0. The fraction of sp³-hybridized carbons (Fsp3) is 0.107. The Morgan fingerprint density at radius 2 is 1.35 bits per heavy atom. The third-order valence-corrected chi connectivity index (χ3v) is 6.90. The molecule has 0 aliphatic heterocycles. The van der Waals surface area contributed by atoms with E-state index in [1.165, 1.54) is 0 Å². The van der Waals surface area contributed by atoms with Crippen molar-refractivity contribution in [1.29, 1.82) is 0 Å². The molecule has 172 valence electrons. The van der Waals surface area contributed by atoms with E-state index < -0.39 is 11.0 Å². The summed E-state index contributed by atoms with van der Waals surface area (Å²) in [5, 5.41) is 0.589. The maximum Gasteiger partial charge on any atom is 0.158 e. The topological polar surface area (TPSA) is 41.9 Å². The van der Waals surface area contributed by atoms with Crippen molar-refractivity contribution in [3.05, 3.63) is 119 Å². The van der Waals surface area contributed by atoms with Gasteiger partial charge >= 0.3 is 0 Å². The SMILES string of the molecule is COc1ccc(C(=Nc2ccc(C)cc2)N(c2ccc(C)cc2)[S@@](=O)c2ccc(Cl)cc2)cc1. The molecule has 0 bridgehead atoms. The highest BCUT2D eigenvalue weighted by Gasteiger charge is 2.24. The Labute approximate surface area is 208 Å². The number of anilines is 1. The average molecular weight is 489 g/mol. The predicted octanol–water partition coefficient (Wildman–Crippen LogP) is 7.27. The van der Waals surface area contributed by atoms with Crippen LogP contribution in [0.5, 0.6) is 5.75 Å². The Balaban J connectivity index is 1.92. The van der Waals surface area contributed by atoms with Gasteiger partial charge in [-0.2, -0.15) is 0 Å². The second-order valence-corrected chi connectivity index (χ2v) is 9.60. The summed E-state index contributed by atoms with van der Waals surface area (Å²) in [6, 6.07) is 30.5. The molecule has 0 saturated carbocycles. The fourth-order valence-electron chi connectivity index (χ4n) is 3.34. The maximum atomic E-state index is 14.0. The van der Waals surface area contributed by atoms with Crippen LogP contribution in [0.2, 0.25) is 5.02 Å². The van der Waals surface area contributed by atoms with Gasteiger partial charge in [0.2, 0.25) is 0 Å². The molecule has 0 unspecified atom stereocenters. The molecule has 0 heterocycles. The molecular formula is C28H25ClN2O2S.